The number of rotatable bonds is 5. The lowest BCUT2D eigenvalue weighted by atomic mass is 10.2. The Morgan fingerprint density at radius 3 is 3.00 bits per heavy atom. The van der Waals surface area contributed by atoms with Crippen LogP contribution in [0.3, 0.4) is 0 Å². The van der Waals surface area contributed by atoms with Crippen LogP contribution in [0, 0.1) is 5.92 Å². The van der Waals surface area contributed by atoms with E-state index in [-0.39, 0.29) is 0 Å². The Balaban J connectivity index is 1.70. The van der Waals surface area contributed by atoms with Gasteiger partial charge in [0.05, 0.1) is 0 Å². The van der Waals surface area contributed by atoms with E-state index in [0.29, 0.717) is 24.0 Å². The molecule has 0 saturated heterocycles. The molecule has 0 bridgehead atoms. The van der Waals surface area contributed by atoms with Crippen LogP contribution in [0.5, 0.6) is 0 Å². The largest absolute Gasteiger partial charge is 0.463 e. The van der Waals surface area contributed by atoms with Gasteiger partial charge in [0, 0.05) is 18.9 Å². The zero-order valence-electron chi connectivity index (χ0n) is 11.3. The Morgan fingerprint density at radius 1 is 1.53 bits per heavy atom. The second-order valence-corrected chi connectivity index (χ2v) is 5.27. The molecule has 102 valence electrons. The summed E-state index contributed by atoms with van der Waals surface area (Å²) >= 11 is 0. The lowest BCUT2D eigenvalue weighted by Gasteiger charge is -2.08. The van der Waals surface area contributed by atoms with Gasteiger partial charge in [-0.25, -0.2) is 4.98 Å². The van der Waals surface area contributed by atoms with Crippen molar-refractivity contribution in [2.24, 2.45) is 5.92 Å². The van der Waals surface area contributed by atoms with Crippen molar-refractivity contribution in [2.45, 2.75) is 45.3 Å². The maximum atomic E-state index is 10.2. The molecule has 3 unspecified atom stereocenters. The van der Waals surface area contributed by atoms with E-state index in [0.717, 1.165) is 18.1 Å². The van der Waals surface area contributed by atoms with Crippen LogP contribution in [0.15, 0.2) is 22.9 Å². The number of aliphatic hydroxyl groups excluding tert-OH is 1. The minimum Gasteiger partial charge on any atom is -0.463 e. The molecular formula is C14H19N3O2. The minimum absolute atomic E-state index is 0.432. The second-order valence-electron chi connectivity index (χ2n) is 5.27. The Labute approximate surface area is 112 Å². The van der Waals surface area contributed by atoms with E-state index < -0.39 is 6.10 Å². The van der Waals surface area contributed by atoms with Crippen LogP contribution in [0.25, 0.3) is 0 Å². The molecule has 1 aliphatic rings. The molecule has 1 fully saturated rings. The molecule has 3 rings (SSSR count). The van der Waals surface area contributed by atoms with Crippen molar-refractivity contribution >= 4 is 0 Å². The number of aliphatic hydroxyl groups is 1. The zero-order chi connectivity index (χ0) is 13.4. The molecule has 1 aliphatic carbocycles. The van der Waals surface area contributed by atoms with Crippen molar-refractivity contribution in [1.29, 1.82) is 0 Å². The van der Waals surface area contributed by atoms with Gasteiger partial charge in [0.2, 0.25) is 0 Å². The average Bonchev–Trinajstić information content (AvgIpc) is 2.87. The first kappa shape index (κ1) is 12.4. The zero-order valence-corrected chi connectivity index (χ0v) is 11.3. The van der Waals surface area contributed by atoms with Crippen LogP contribution in [-0.4, -0.2) is 19.9 Å². The summed E-state index contributed by atoms with van der Waals surface area (Å²) in [4.78, 5) is 4.17. The molecule has 2 heterocycles. The molecule has 0 aliphatic heterocycles. The molecule has 0 amide bonds. The molecule has 1 saturated carbocycles. The van der Waals surface area contributed by atoms with E-state index in [4.69, 9.17) is 4.42 Å². The first-order valence-electron chi connectivity index (χ1n) is 6.83. The molecule has 0 spiro atoms. The molecule has 2 aromatic rings. The standard InChI is InChI=1S/C14H19N3O2/c1-3-17-14(15-8-16-17)7-11(18)13-5-4-12(19-13)10-6-9(10)2/h4-5,8-11,18H,3,6-7H2,1-2H3. The fourth-order valence-electron chi connectivity index (χ4n) is 2.45. The first-order valence-corrected chi connectivity index (χ1v) is 6.83. The number of aromatic nitrogens is 3. The predicted octanol–water partition coefficient (Wildman–Crippen LogP) is 2.29. The third-order valence-corrected chi connectivity index (χ3v) is 3.82. The molecule has 5 heteroatoms. The van der Waals surface area contributed by atoms with Crippen LogP contribution in [-0.2, 0) is 13.0 Å². The van der Waals surface area contributed by atoms with Gasteiger partial charge in [-0.05, 0) is 31.4 Å². The smallest absolute Gasteiger partial charge is 0.138 e. The second kappa shape index (κ2) is 4.81. The van der Waals surface area contributed by atoms with Gasteiger partial charge in [-0.1, -0.05) is 6.92 Å². The van der Waals surface area contributed by atoms with Gasteiger partial charge in [-0.2, -0.15) is 5.10 Å². The number of furan rings is 1. The van der Waals surface area contributed by atoms with Crippen molar-refractivity contribution in [2.75, 3.05) is 0 Å². The van der Waals surface area contributed by atoms with E-state index in [9.17, 15) is 5.11 Å². The number of aryl methyl sites for hydroxylation is 1. The van der Waals surface area contributed by atoms with E-state index >= 15 is 0 Å². The van der Waals surface area contributed by atoms with Crippen molar-refractivity contribution in [3.8, 4) is 0 Å². The van der Waals surface area contributed by atoms with Crippen molar-refractivity contribution in [3.63, 3.8) is 0 Å². The number of hydrogen-bond donors (Lipinski definition) is 1. The van der Waals surface area contributed by atoms with Gasteiger partial charge in [-0.3, -0.25) is 4.68 Å². The van der Waals surface area contributed by atoms with Gasteiger partial charge in [-0.15, -0.1) is 0 Å². The molecule has 19 heavy (non-hydrogen) atoms. The maximum absolute atomic E-state index is 10.2. The summed E-state index contributed by atoms with van der Waals surface area (Å²) in [5, 5.41) is 14.3. The van der Waals surface area contributed by atoms with Crippen molar-refractivity contribution in [1.82, 2.24) is 14.8 Å². The van der Waals surface area contributed by atoms with Gasteiger partial charge < -0.3 is 9.52 Å². The Kier molecular flexibility index (Phi) is 3.14. The van der Waals surface area contributed by atoms with Crippen LogP contribution < -0.4 is 0 Å². The Bertz CT molecular complexity index is 561. The topological polar surface area (TPSA) is 64.1 Å². The highest BCUT2D eigenvalue weighted by Crippen LogP contribution is 2.47. The maximum Gasteiger partial charge on any atom is 0.138 e. The van der Waals surface area contributed by atoms with Gasteiger partial charge >= 0.3 is 0 Å². The molecule has 1 N–H and O–H groups in total. The van der Waals surface area contributed by atoms with E-state index in [2.05, 4.69) is 17.0 Å². The molecule has 5 nitrogen and oxygen atoms in total. The van der Waals surface area contributed by atoms with Crippen LogP contribution in [0.4, 0.5) is 0 Å². The summed E-state index contributed by atoms with van der Waals surface area (Å²) in [6, 6.07) is 3.86. The van der Waals surface area contributed by atoms with Gasteiger partial charge in [0.25, 0.3) is 0 Å². The van der Waals surface area contributed by atoms with E-state index in [1.807, 2.05) is 19.1 Å². The summed E-state index contributed by atoms with van der Waals surface area (Å²) in [5.74, 6) is 3.66. The third kappa shape index (κ3) is 2.42. The summed E-state index contributed by atoms with van der Waals surface area (Å²) in [6.45, 7) is 4.97. The molecule has 2 aromatic heterocycles. The Morgan fingerprint density at radius 2 is 2.32 bits per heavy atom. The van der Waals surface area contributed by atoms with Crippen LogP contribution in [0.1, 0.15) is 49.6 Å². The predicted molar refractivity (Wildman–Crippen MR) is 69.6 cm³/mol. The monoisotopic (exact) mass is 261 g/mol. The SMILES string of the molecule is CCn1ncnc1CC(O)c1ccc(C2CC2C)o1. The van der Waals surface area contributed by atoms with E-state index in [1.54, 1.807) is 4.68 Å². The average molecular weight is 261 g/mol. The molecule has 0 aromatic carbocycles. The van der Waals surface area contributed by atoms with E-state index in [1.165, 1.54) is 12.7 Å². The Hall–Kier alpha value is -1.62. The summed E-state index contributed by atoms with van der Waals surface area (Å²) in [7, 11) is 0. The fraction of sp³-hybridized carbons (Fsp3) is 0.571. The third-order valence-electron chi connectivity index (χ3n) is 3.82. The summed E-state index contributed by atoms with van der Waals surface area (Å²) in [5.41, 5.74) is 0. The van der Waals surface area contributed by atoms with Crippen LogP contribution in [0.2, 0.25) is 0 Å². The van der Waals surface area contributed by atoms with Crippen molar-refractivity contribution in [3.05, 3.63) is 35.8 Å². The first-order chi connectivity index (χ1) is 9.19. The summed E-state index contributed by atoms with van der Waals surface area (Å²) in [6.07, 6.45) is 2.48. The number of hydrogen-bond acceptors (Lipinski definition) is 4. The lowest BCUT2D eigenvalue weighted by Crippen LogP contribution is -2.09. The fourth-order valence-corrected chi connectivity index (χ4v) is 2.45. The van der Waals surface area contributed by atoms with Gasteiger partial charge in [0.15, 0.2) is 0 Å². The quantitative estimate of drug-likeness (QED) is 0.897. The van der Waals surface area contributed by atoms with Crippen molar-refractivity contribution < 1.29 is 9.52 Å². The highest BCUT2D eigenvalue weighted by molar-refractivity contribution is 5.19. The lowest BCUT2D eigenvalue weighted by molar-refractivity contribution is 0.144. The molecular weight excluding hydrogens is 242 g/mol. The van der Waals surface area contributed by atoms with Crippen LogP contribution >= 0.6 is 0 Å². The minimum atomic E-state index is -0.655. The highest BCUT2D eigenvalue weighted by atomic mass is 16.4. The normalized spacial score (nSPS) is 23.5. The summed E-state index contributed by atoms with van der Waals surface area (Å²) < 4.78 is 7.54. The molecule has 3 atom stereocenters. The van der Waals surface area contributed by atoms with Gasteiger partial charge in [0.1, 0.15) is 29.8 Å². The number of nitrogens with zero attached hydrogens (tertiary/aromatic N) is 3. The highest BCUT2D eigenvalue weighted by Gasteiger charge is 2.36. The molecule has 0 radical (unpaired) electrons.